The summed E-state index contributed by atoms with van der Waals surface area (Å²) < 4.78 is 4.61. The zero-order valence-corrected chi connectivity index (χ0v) is 8.91. The lowest BCUT2D eigenvalue weighted by Crippen LogP contribution is -2.09. The summed E-state index contributed by atoms with van der Waals surface area (Å²) in [6.45, 7) is 1.98. The molecular weight excluding hydrogens is 216 g/mol. The molecule has 1 aromatic rings. The van der Waals surface area contributed by atoms with Gasteiger partial charge in [0.05, 0.1) is 6.61 Å². The van der Waals surface area contributed by atoms with Crippen molar-refractivity contribution in [2.24, 2.45) is 0 Å². The van der Waals surface area contributed by atoms with Gasteiger partial charge >= 0.3 is 5.97 Å². The van der Waals surface area contributed by atoms with Crippen LogP contribution in [0, 0.1) is 0 Å². The van der Waals surface area contributed by atoms with Gasteiger partial charge in [-0.3, -0.25) is 10.1 Å². The SMILES string of the molecule is CCOC(=O)C=CC(=O)Nc1nccs1. The van der Waals surface area contributed by atoms with Crippen LogP contribution in [0.2, 0.25) is 0 Å². The number of nitrogens with one attached hydrogen (secondary N) is 1. The highest BCUT2D eigenvalue weighted by atomic mass is 32.1. The van der Waals surface area contributed by atoms with Crippen molar-refractivity contribution in [2.75, 3.05) is 11.9 Å². The molecular formula is C9H10N2O3S. The molecule has 6 heteroatoms. The number of carbonyl (C=O) groups is 2. The first-order valence-electron chi connectivity index (χ1n) is 4.27. The molecule has 1 aromatic heterocycles. The number of hydrogen-bond acceptors (Lipinski definition) is 5. The molecule has 80 valence electrons. The lowest BCUT2D eigenvalue weighted by Gasteiger charge is -1.96. The molecule has 1 N–H and O–H groups in total. The third-order valence-corrected chi connectivity index (χ3v) is 2.01. The maximum atomic E-state index is 11.2. The van der Waals surface area contributed by atoms with E-state index in [4.69, 9.17) is 0 Å². The predicted octanol–water partition coefficient (Wildman–Crippen LogP) is 1.20. The highest BCUT2D eigenvalue weighted by Gasteiger charge is 2.00. The van der Waals surface area contributed by atoms with Crippen molar-refractivity contribution in [1.29, 1.82) is 0 Å². The smallest absolute Gasteiger partial charge is 0.330 e. The van der Waals surface area contributed by atoms with Crippen LogP contribution in [-0.2, 0) is 14.3 Å². The number of amides is 1. The first kappa shape index (κ1) is 11.4. The minimum Gasteiger partial charge on any atom is -0.463 e. The van der Waals surface area contributed by atoms with Crippen LogP contribution in [0.15, 0.2) is 23.7 Å². The largest absolute Gasteiger partial charge is 0.463 e. The molecule has 15 heavy (non-hydrogen) atoms. The second kappa shape index (κ2) is 5.92. The number of anilines is 1. The van der Waals surface area contributed by atoms with Crippen LogP contribution in [0.4, 0.5) is 5.13 Å². The van der Waals surface area contributed by atoms with Gasteiger partial charge in [-0.2, -0.15) is 0 Å². The zero-order valence-electron chi connectivity index (χ0n) is 8.10. The number of rotatable bonds is 4. The van der Waals surface area contributed by atoms with Crippen molar-refractivity contribution in [2.45, 2.75) is 6.92 Å². The lowest BCUT2D eigenvalue weighted by molar-refractivity contribution is -0.137. The minimum absolute atomic E-state index is 0.289. The third kappa shape index (κ3) is 4.37. The van der Waals surface area contributed by atoms with Gasteiger partial charge in [-0.15, -0.1) is 11.3 Å². The van der Waals surface area contributed by atoms with Crippen LogP contribution in [0.25, 0.3) is 0 Å². The van der Waals surface area contributed by atoms with E-state index < -0.39 is 11.9 Å². The standard InChI is InChI=1S/C9H10N2O3S/c1-2-14-8(13)4-3-7(12)11-9-10-5-6-15-9/h3-6H,2H2,1H3,(H,10,11,12). The van der Waals surface area contributed by atoms with Crippen molar-refractivity contribution in [3.63, 3.8) is 0 Å². The zero-order chi connectivity index (χ0) is 11.1. The molecule has 1 amide bonds. The minimum atomic E-state index is -0.535. The summed E-state index contributed by atoms with van der Waals surface area (Å²) in [6, 6.07) is 0. The van der Waals surface area contributed by atoms with Gasteiger partial charge in [-0.25, -0.2) is 9.78 Å². The first-order valence-corrected chi connectivity index (χ1v) is 5.15. The number of thiazole rings is 1. The van der Waals surface area contributed by atoms with E-state index in [0.717, 1.165) is 12.2 Å². The van der Waals surface area contributed by atoms with E-state index in [9.17, 15) is 9.59 Å². The van der Waals surface area contributed by atoms with Gasteiger partial charge < -0.3 is 4.74 Å². The highest BCUT2D eigenvalue weighted by Crippen LogP contribution is 2.09. The average molecular weight is 226 g/mol. The molecule has 0 radical (unpaired) electrons. The molecule has 0 spiro atoms. The van der Waals surface area contributed by atoms with E-state index in [1.807, 2.05) is 0 Å². The Labute approximate surface area is 90.8 Å². The Morgan fingerprint density at radius 3 is 3.00 bits per heavy atom. The molecule has 1 heterocycles. The monoisotopic (exact) mass is 226 g/mol. The third-order valence-electron chi connectivity index (χ3n) is 1.32. The summed E-state index contributed by atoms with van der Waals surface area (Å²) in [5.41, 5.74) is 0. The van der Waals surface area contributed by atoms with E-state index in [-0.39, 0.29) is 6.61 Å². The second-order valence-corrected chi connectivity index (χ2v) is 3.31. The Kier molecular flexibility index (Phi) is 4.49. The van der Waals surface area contributed by atoms with Crippen molar-refractivity contribution >= 4 is 28.3 Å². The van der Waals surface area contributed by atoms with Crippen molar-refractivity contribution < 1.29 is 14.3 Å². The van der Waals surface area contributed by atoms with E-state index in [0.29, 0.717) is 5.13 Å². The molecule has 0 unspecified atom stereocenters. The molecule has 0 atom stereocenters. The normalized spacial score (nSPS) is 10.2. The summed E-state index contributed by atoms with van der Waals surface area (Å²) >= 11 is 1.30. The molecule has 0 aromatic carbocycles. The van der Waals surface area contributed by atoms with Gasteiger partial charge in [0.15, 0.2) is 5.13 Å². The number of nitrogens with zero attached hydrogens (tertiary/aromatic N) is 1. The summed E-state index contributed by atoms with van der Waals surface area (Å²) in [6.07, 6.45) is 3.77. The summed E-state index contributed by atoms with van der Waals surface area (Å²) in [7, 11) is 0. The maximum absolute atomic E-state index is 11.2. The molecule has 0 saturated carbocycles. The van der Waals surface area contributed by atoms with Gasteiger partial charge in [0.2, 0.25) is 5.91 Å². The Balaban J connectivity index is 2.39. The number of hydrogen-bond donors (Lipinski definition) is 1. The van der Waals surface area contributed by atoms with E-state index in [1.54, 1.807) is 18.5 Å². The van der Waals surface area contributed by atoms with Gasteiger partial charge in [-0.1, -0.05) is 0 Å². The van der Waals surface area contributed by atoms with Crippen molar-refractivity contribution in [3.05, 3.63) is 23.7 Å². The van der Waals surface area contributed by atoms with Gasteiger partial charge in [0, 0.05) is 23.7 Å². The molecule has 0 saturated heterocycles. The molecule has 1 rings (SSSR count). The van der Waals surface area contributed by atoms with Crippen LogP contribution in [0.3, 0.4) is 0 Å². The molecule has 5 nitrogen and oxygen atoms in total. The van der Waals surface area contributed by atoms with E-state index in [1.165, 1.54) is 11.3 Å². The van der Waals surface area contributed by atoms with Crippen LogP contribution in [-0.4, -0.2) is 23.5 Å². The second-order valence-electron chi connectivity index (χ2n) is 2.41. The molecule has 0 aliphatic heterocycles. The Bertz CT molecular complexity index is 359. The van der Waals surface area contributed by atoms with Crippen LogP contribution in [0.1, 0.15) is 6.92 Å². The van der Waals surface area contributed by atoms with E-state index >= 15 is 0 Å². The van der Waals surface area contributed by atoms with Crippen LogP contribution < -0.4 is 5.32 Å². The number of carbonyl (C=O) groups excluding carboxylic acids is 2. The lowest BCUT2D eigenvalue weighted by atomic mass is 10.5. The summed E-state index contributed by atoms with van der Waals surface area (Å²) in [4.78, 5) is 25.9. The fourth-order valence-electron chi connectivity index (χ4n) is 0.766. The molecule has 0 aliphatic carbocycles. The van der Waals surface area contributed by atoms with Crippen LogP contribution >= 0.6 is 11.3 Å². The number of esters is 1. The topological polar surface area (TPSA) is 68.3 Å². The number of ether oxygens (including phenoxy) is 1. The maximum Gasteiger partial charge on any atom is 0.330 e. The molecule has 0 aliphatic rings. The van der Waals surface area contributed by atoms with Crippen LogP contribution in [0.5, 0.6) is 0 Å². The average Bonchev–Trinajstić information content (AvgIpc) is 2.68. The fourth-order valence-corrected chi connectivity index (χ4v) is 1.30. The Morgan fingerprint density at radius 1 is 1.60 bits per heavy atom. The van der Waals surface area contributed by atoms with E-state index in [2.05, 4.69) is 15.0 Å². The first-order chi connectivity index (χ1) is 7.22. The van der Waals surface area contributed by atoms with Gasteiger partial charge in [-0.05, 0) is 6.92 Å². The molecule has 0 fully saturated rings. The quantitative estimate of drug-likeness (QED) is 0.618. The number of aromatic nitrogens is 1. The highest BCUT2D eigenvalue weighted by molar-refractivity contribution is 7.13. The Hall–Kier alpha value is -1.69. The van der Waals surface area contributed by atoms with Gasteiger partial charge in [0.1, 0.15) is 0 Å². The van der Waals surface area contributed by atoms with Crippen molar-refractivity contribution in [3.8, 4) is 0 Å². The van der Waals surface area contributed by atoms with Gasteiger partial charge in [0.25, 0.3) is 0 Å². The summed E-state index contributed by atoms with van der Waals surface area (Å²) in [5.74, 6) is -0.940. The summed E-state index contributed by atoms with van der Waals surface area (Å²) in [5, 5.41) is 4.73. The predicted molar refractivity (Wildman–Crippen MR) is 56.5 cm³/mol. The van der Waals surface area contributed by atoms with Crippen molar-refractivity contribution in [1.82, 2.24) is 4.98 Å². The fraction of sp³-hybridized carbons (Fsp3) is 0.222. The molecule has 0 bridgehead atoms. The Morgan fingerprint density at radius 2 is 2.40 bits per heavy atom.